The van der Waals surface area contributed by atoms with Crippen molar-refractivity contribution < 1.29 is 0 Å². The van der Waals surface area contributed by atoms with E-state index in [9.17, 15) is 0 Å². The van der Waals surface area contributed by atoms with E-state index in [2.05, 4.69) is 9.88 Å². The number of piperidine rings is 1. The summed E-state index contributed by atoms with van der Waals surface area (Å²) in [5.41, 5.74) is 6.05. The van der Waals surface area contributed by atoms with E-state index in [0.717, 1.165) is 28.7 Å². The van der Waals surface area contributed by atoms with Gasteiger partial charge < -0.3 is 5.73 Å². The summed E-state index contributed by atoms with van der Waals surface area (Å²) < 4.78 is 0.788. The van der Waals surface area contributed by atoms with Gasteiger partial charge in [0.2, 0.25) is 0 Å². The molecule has 2 bridgehead atoms. The van der Waals surface area contributed by atoms with Crippen LogP contribution in [0.4, 0.5) is 0 Å². The summed E-state index contributed by atoms with van der Waals surface area (Å²) in [6.07, 6.45) is 6.65. The third-order valence-corrected chi connectivity index (χ3v) is 4.86. The summed E-state index contributed by atoms with van der Waals surface area (Å²) in [6, 6.07) is 1.77. The van der Waals surface area contributed by atoms with Gasteiger partial charge in [0, 0.05) is 18.1 Å². The molecule has 1 aromatic rings. The lowest BCUT2D eigenvalue weighted by Gasteiger charge is -2.37. The Morgan fingerprint density at radius 1 is 1.44 bits per heavy atom. The molecule has 1 aromatic heterocycles. The molecule has 2 saturated heterocycles. The van der Waals surface area contributed by atoms with Crippen LogP contribution in [-0.2, 0) is 6.54 Å². The zero-order valence-corrected chi connectivity index (χ0v) is 10.7. The molecule has 0 spiro atoms. The first kappa shape index (κ1) is 11.0. The van der Waals surface area contributed by atoms with Crippen molar-refractivity contribution in [2.75, 3.05) is 0 Å². The molecule has 5 heteroatoms. The van der Waals surface area contributed by atoms with E-state index in [-0.39, 0.29) is 0 Å². The normalized spacial score (nSPS) is 34.5. The van der Waals surface area contributed by atoms with Crippen molar-refractivity contribution in [3.05, 3.63) is 15.5 Å². The van der Waals surface area contributed by atoms with Gasteiger partial charge >= 0.3 is 0 Å². The molecule has 2 unspecified atom stereocenters. The molecule has 0 radical (unpaired) electrons. The average molecular weight is 258 g/mol. The van der Waals surface area contributed by atoms with Crippen molar-refractivity contribution >= 4 is 22.9 Å². The second-order valence-electron chi connectivity index (χ2n) is 4.85. The molecule has 0 amide bonds. The van der Waals surface area contributed by atoms with Crippen LogP contribution in [0.5, 0.6) is 0 Å². The number of halogens is 1. The maximum absolute atomic E-state index is 6.05. The highest BCUT2D eigenvalue weighted by Crippen LogP contribution is 2.36. The van der Waals surface area contributed by atoms with Gasteiger partial charge in [-0.15, -0.1) is 11.3 Å². The molecule has 0 saturated carbocycles. The molecule has 2 N–H and O–H groups in total. The third kappa shape index (κ3) is 1.99. The maximum Gasteiger partial charge on any atom is 0.113 e. The van der Waals surface area contributed by atoms with E-state index in [1.807, 2.05) is 0 Å². The Hall–Kier alpha value is -0.160. The fraction of sp³-hybridized carbons (Fsp3) is 0.727. The minimum atomic E-state index is 0.411. The van der Waals surface area contributed by atoms with Crippen LogP contribution < -0.4 is 5.73 Å². The molecular formula is C11H16ClN3S. The number of rotatable bonds is 2. The molecular weight excluding hydrogens is 242 g/mol. The predicted molar refractivity (Wildman–Crippen MR) is 66.7 cm³/mol. The van der Waals surface area contributed by atoms with Gasteiger partial charge in [0.15, 0.2) is 0 Å². The highest BCUT2D eigenvalue weighted by atomic mass is 35.5. The van der Waals surface area contributed by atoms with Crippen LogP contribution in [0.15, 0.2) is 6.20 Å². The van der Waals surface area contributed by atoms with Crippen LogP contribution in [0.2, 0.25) is 4.34 Å². The predicted octanol–water partition coefficient (Wildman–Crippen LogP) is 2.25. The Bertz CT molecular complexity index is 367. The number of hydrogen-bond donors (Lipinski definition) is 1. The third-order valence-electron chi connectivity index (χ3n) is 3.76. The molecule has 0 aromatic carbocycles. The summed E-state index contributed by atoms with van der Waals surface area (Å²) in [6.45, 7) is 0.958. The first-order valence-electron chi connectivity index (χ1n) is 5.84. The summed E-state index contributed by atoms with van der Waals surface area (Å²) in [5.74, 6) is 0. The first-order chi connectivity index (χ1) is 7.72. The van der Waals surface area contributed by atoms with Crippen molar-refractivity contribution in [2.24, 2.45) is 5.73 Å². The van der Waals surface area contributed by atoms with E-state index in [0.29, 0.717) is 18.1 Å². The molecule has 3 nitrogen and oxygen atoms in total. The smallest absolute Gasteiger partial charge is 0.113 e. The zero-order valence-electron chi connectivity index (χ0n) is 9.10. The van der Waals surface area contributed by atoms with Gasteiger partial charge in [0.1, 0.15) is 9.34 Å². The molecule has 3 rings (SSSR count). The minimum absolute atomic E-state index is 0.411. The Morgan fingerprint density at radius 3 is 2.69 bits per heavy atom. The monoisotopic (exact) mass is 257 g/mol. The average Bonchev–Trinajstić information content (AvgIpc) is 2.72. The van der Waals surface area contributed by atoms with Crippen molar-refractivity contribution in [2.45, 2.75) is 50.4 Å². The molecule has 2 aliphatic heterocycles. The van der Waals surface area contributed by atoms with Gasteiger partial charge in [0.05, 0.1) is 12.7 Å². The first-order valence-corrected chi connectivity index (χ1v) is 7.03. The number of nitrogens with zero attached hydrogens (tertiary/aromatic N) is 2. The lowest BCUT2D eigenvalue weighted by molar-refractivity contribution is 0.120. The zero-order chi connectivity index (χ0) is 11.1. The lowest BCUT2D eigenvalue weighted by atomic mass is 9.98. The van der Waals surface area contributed by atoms with Crippen LogP contribution in [0.25, 0.3) is 0 Å². The van der Waals surface area contributed by atoms with Crippen molar-refractivity contribution in [1.29, 1.82) is 0 Å². The molecule has 3 heterocycles. The van der Waals surface area contributed by atoms with Gasteiger partial charge in [-0.2, -0.15) is 0 Å². The van der Waals surface area contributed by atoms with Crippen LogP contribution in [-0.4, -0.2) is 28.0 Å². The second-order valence-corrected chi connectivity index (χ2v) is 6.59. The SMILES string of the molecule is NC1CC2CCC(C1)N2Cc1ncc(Cl)s1. The molecule has 2 atom stereocenters. The number of nitrogens with two attached hydrogens (primary N) is 1. The van der Waals surface area contributed by atoms with Gasteiger partial charge in [-0.1, -0.05) is 11.6 Å². The Balaban J connectivity index is 1.72. The van der Waals surface area contributed by atoms with Crippen LogP contribution >= 0.6 is 22.9 Å². The fourth-order valence-electron chi connectivity index (χ4n) is 3.09. The molecule has 88 valence electrons. The largest absolute Gasteiger partial charge is 0.328 e. The summed E-state index contributed by atoms with van der Waals surface area (Å²) in [7, 11) is 0. The highest BCUT2D eigenvalue weighted by Gasteiger charge is 2.39. The van der Waals surface area contributed by atoms with E-state index >= 15 is 0 Å². The molecule has 2 fully saturated rings. The van der Waals surface area contributed by atoms with Crippen LogP contribution in [0, 0.1) is 0 Å². The van der Waals surface area contributed by atoms with Gasteiger partial charge in [-0.25, -0.2) is 4.98 Å². The van der Waals surface area contributed by atoms with Crippen molar-refractivity contribution in [3.63, 3.8) is 0 Å². The number of fused-ring (bicyclic) bond motifs is 2. The van der Waals surface area contributed by atoms with Crippen molar-refractivity contribution in [3.8, 4) is 0 Å². The molecule has 2 aliphatic rings. The lowest BCUT2D eigenvalue weighted by Crippen LogP contribution is -2.46. The van der Waals surface area contributed by atoms with E-state index < -0.39 is 0 Å². The van der Waals surface area contributed by atoms with Crippen molar-refractivity contribution in [1.82, 2.24) is 9.88 Å². The summed E-state index contributed by atoms with van der Waals surface area (Å²) >= 11 is 7.50. The summed E-state index contributed by atoms with van der Waals surface area (Å²) in [4.78, 5) is 6.92. The quantitative estimate of drug-likeness (QED) is 0.884. The second kappa shape index (κ2) is 4.26. The van der Waals surface area contributed by atoms with Gasteiger partial charge in [-0.05, 0) is 25.7 Å². The van der Waals surface area contributed by atoms with E-state index in [1.54, 1.807) is 17.5 Å². The maximum atomic E-state index is 6.05. The highest BCUT2D eigenvalue weighted by molar-refractivity contribution is 7.15. The van der Waals surface area contributed by atoms with Crippen LogP contribution in [0.3, 0.4) is 0 Å². The Kier molecular flexibility index (Phi) is 2.92. The Labute approximate surface area is 105 Å². The summed E-state index contributed by atoms with van der Waals surface area (Å²) in [5, 5.41) is 1.14. The minimum Gasteiger partial charge on any atom is -0.328 e. The van der Waals surface area contributed by atoms with Gasteiger partial charge in [0.25, 0.3) is 0 Å². The van der Waals surface area contributed by atoms with Crippen LogP contribution in [0.1, 0.15) is 30.7 Å². The molecule has 0 aliphatic carbocycles. The van der Waals surface area contributed by atoms with E-state index in [1.165, 1.54) is 12.8 Å². The topological polar surface area (TPSA) is 42.1 Å². The van der Waals surface area contributed by atoms with Gasteiger partial charge in [-0.3, -0.25) is 4.90 Å². The number of thiazole rings is 1. The number of hydrogen-bond acceptors (Lipinski definition) is 4. The molecule has 16 heavy (non-hydrogen) atoms. The Morgan fingerprint density at radius 2 is 2.12 bits per heavy atom. The fourth-order valence-corrected chi connectivity index (χ4v) is 4.06. The standard InChI is InChI=1S/C11H16ClN3S/c12-10-5-14-11(16-10)6-15-8-1-2-9(15)4-7(13)3-8/h5,7-9H,1-4,6,13H2. The number of aromatic nitrogens is 1. The van der Waals surface area contributed by atoms with E-state index in [4.69, 9.17) is 17.3 Å².